The zero-order chi connectivity index (χ0) is 12.1. The minimum atomic E-state index is 0.169. The third-order valence-corrected chi connectivity index (χ3v) is 4.59. The molecule has 0 aliphatic heterocycles. The van der Waals surface area contributed by atoms with Gasteiger partial charge in [-0.1, -0.05) is 0 Å². The van der Waals surface area contributed by atoms with Gasteiger partial charge in [-0.15, -0.1) is 0 Å². The Morgan fingerprint density at radius 1 is 0.941 bits per heavy atom. The van der Waals surface area contributed by atoms with Crippen molar-refractivity contribution in [1.29, 1.82) is 0 Å². The van der Waals surface area contributed by atoms with Crippen LogP contribution in [0.4, 0.5) is 0 Å². The van der Waals surface area contributed by atoms with Crippen molar-refractivity contribution < 1.29 is 0 Å². The second kappa shape index (κ2) is 6.28. The predicted octanol–water partition coefficient (Wildman–Crippen LogP) is 3.91. The molecule has 17 heavy (non-hydrogen) atoms. The first-order chi connectivity index (χ1) is 8.24. The molecular weight excluding hydrogens is 318 g/mol. The molecule has 3 heteroatoms. The van der Waals surface area contributed by atoms with E-state index in [0.717, 1.165) is 14.5 Å². The fraction of sp³-hybridized carbons (Fsp3) is 0. The van der Waals surface area contributed by atoms with Crippen LogP contribution in [0.5, 0.6) is 0 Å². The topological polar surface area (TPSA) is 0 Å². The van der Waals surface area contributed by atoms with Crippen molar-refractivity contribution in [2.45, 2.75) is 0 Å². The molecule has 0 atom stereocenters. The van der Waals surface area contributed by atoms with Crippen LogP contribution in [0, 0.1) is 0 Å². The normalized spacial score (nSPS) is 11.5. The van der Waals surface area contributed by atoms with E-state index in [0.29, 0.717) is 0 Å². The van der Waals surface area contributed by atoms with Crippen molar-refractivity contribution in [2.24, 2.45) is 0 Å². The van der Waals surface area contributed by atoms with Crippen molar-refractivity contribution in [2.75, 3.05) is 0 Å². The van der Waals surface area contributed by atoms with Gasteiger partial charge < -0.3 is 0 Å². The van der Waals surface area contributed by atoms with Crippen molar-refractivity contribution >= 4 is 48.7 Å². The zero-order valence-electron chi connectivity index (χ0n) is 8.94. The van der Waals surface area contributed by atoms with E-state index in [9.17, 15) is 0 Å². The summed E-state index contributed by atoms with van der Waals surface area (Å²) in [5, 5.41) is 0.742. The summed E-state index contributed by atoms with van der Waals surface area (Å²) in [6.07, 6.45) is 1.99. The first kappa shape index (κ1) is 12.7. The Morgan fingerprint density at radius 2 is 1.59 bits per heavy atom. The Morgan fingerprint density at radius 3 is 2.24 bits per heavy atom. The molecule has 0 unspecified atom stereocenters. The van der Waals surface area contributed by atoms with E-state index in [-0.39, 0.29) is 15.0 Å². The van der Waals surface area contributed by atoms with E-state index in [1.54, 1.807) is 0 Å². The Hall–Kier alpha value is -0.721. The second-order valence-corrected chi connectivity index (χ2v) is 7.11. The average Bonchev–Trinajstić information content (AvgIpc) is 2.33. The Kier molecular flexibility index (Phi) is 4.70. The number of hydrogen-bond acceptors (Lipinski definition) is 0. The molecule has 0 heterocycles. The molecule has 0 aromatic heterocycles. The first-order valence-electron chi connectivity index (χ1n) is 5.10. The molecule has 0 saturated carbocycles. The summed E-state index contributed by atoms with van der Waals surface area (Å²) in [6, 6.07) is 17.9. The molecular formula is C14H10Cl2Se. The van der Waals surface area contributed by atoms with E-state index < -0.39 is 0 Å². The van der Waals surface area contributed by atoms with Crippen LogP contribution in [0.1, 0.15) is 5.56 Å². The molecule has 0 aliphatic rings. The van der Waals surface area contributed by atoms with E-state index in [1.165, 1.54) is 4.46 Å². The van der Waals surface area contributed by atoms with Crippen LogP contribution in [0.3, 0.4) is 0 Å². The molecule has 2 rings (SSSR count). The van der Waals surface area contributed by atoms with Gasteiger partial charge in [-0.05, 0) is 0 Å². The van der Waals surface area contributed by atoms with Crippen molar-refractivity contribution in [3.8, 4) is 0 Å². The minimum absolute atomic E-state index is 0.169. The van der Waals surface area contributed by atoms with Crippen LogP contribution in [0.15, 0.2) is 58.5 Å². The molecule has 0 aliphatic carbocycles. The maximum atomic E-state index is 6.25. The van der Waals surface area contributed by atoms with Gasteiger partial charge in [0.25, 0.3) is 0 Å². The van der Waals surface area contributed by atoms with Gasteiger partial charge in [-0.25, -0.2) is 0 Å². The molecule has 86 valence electrons. The Balaban J connectivity index is 2.09. The molecule has 0 bridgehead atoms. The van der Waals surface area contributed by atoms with Gasteiger partial charge >= 0.3 is 118 Å². The van der Waals surface area contributed by atoms with Gasteiger partial charge in [0.2, 0.25) is 0 Å². The SMILES string of the molecule is Cl/C(=C\c1ccc(Cl)cc1)[Se]c1ccccc1. The fourth-order valence-electron chi connectivity index (χ4n) is 1.32. The van der Waals surface area contributed by atoms with Gasteiger partial charge in [0.1, 0.15) is 0 Å². The standard InChI is InChI=1S/C14H10Cl2Se/c15-12-8-6-11(7-9-12)10-14(16)17-13-4-2-1-3-5-13/h1-10H/b14-10+. The first-order valence-corrected chi connectivity index (χ1v) is 7.56. The van der Waals surface area contributed by atoms with E-state index in [4.69, 9.17) is 23.2 Å². The van der Waals surface area contributed by atoms with Crippen LogP contribution < -0.4 is 4.46 Å². The molecule has 2 aromatic carbocycles. The van der Waals surface area contributed by atoms with Crippen molar-refractivity contribution in [3.63, 3.8) is 0 Å². The summed E-state index contributed by atoms with van der Waals surface area (Å²) in [6.45, 7) is 0. The predicted molar refractivity (Wildman–Crippen MR) is 77.1 cm³/mol. The summed E-state index contributed by atoms with van der Waals surface area (Å²) in [5.41, 5.74) is 1.08. The van der Waals surface area contributed by atoms with Gasteiger partial charge in [0.15, 0.2) is 0 Å². The van der Waals surface area contributed by atoms with Crippen LogP contribution in [-0.2, 0) is 0 Å². The quantitative estimate of drug-likeness (QED) is 0.750. The zero-order valence-corrected chi connectivity index (χ0v) is 12.2. The maximum absolute atomic E-state index is 6.25. The van der Waals surface area contributed by atoms with E-state index in [2.05, 4.69) is 12.1 Å². The average molecular weight is 328 g/mol. The number of halogens is 2. The number of rotatable bonds is 3. The third kappa shape index (κ3) is 4.22. The summed E-state index contributed by atoms with van der Waals surface area (Å²) < 4.78 is 2.15. The molecule has 0 radical (unpaired) electrons. The van der Waals surface area contributed by atoms with Crippen LogP contribution >= 0.6 is 23.2 Å². The Labute approximate surface area is 117 Å². The summed E-state index contributed by atoms with van der Waals surface area (Å²) in [4.78, 5) is 0. The summed E-state index contributed by atoms with van der Waals surface area (Å²) in [7, 11) is 0. The second-order valence-electron chi connectivity index (χ2n) is 3.42. The van der Waals surface area contributed by atoms with Crippen molar-refractivity contribution in [1.82, 2.24) is 0 Å². The van der Waals surface area contributed by atoms with Gasteiger partial charge in [0, 0.05) is 0 Å². The molecule has 0 amide bonds. The van der Waals surface area contributed by atoms with Crippen LogP contribution in [-0.4, -0.2) is 15.0 Å². The van der Waals surface area contributed by atoms with Crippen LogP contribution in [0.25, 0.3) is 6.08 Å². The monoisotopic (exact) mass is 328 g/mol. The van der Waals surface area contributed by atoms with Gasteiger partial charge in [-0.3, -0.25) is 0 Å². The summed E-state index contributed by atoms with van der Waals surface area (Å²) >= 11 is 12.2. The van der Waals surface area contributed by atoms with Gasteiger partial charge in [-0.2, -0.15) is 0 Å². The molecule has 0 spiro atoms. The molecule has 2 aromatic rings. The van der Waals surface area contributed by atoms with E-state index >= 15 is 0 Å². The molecule has 0 N–H and O–H groups in total. The fourth-order valence-corrected chi connectivity index (χ4v) is 3.53. The van der Waals surface area contributed by atoms with Crippen LogP contribution in [0.2, 0.25) is 5.02 Å². The summed E-state index contributed by atoms with van der Waals surface area (Å²) in [5.74, 6) is 0. The molecule has 0 saturated heterocycles. The van der Waals surface area contributed by atoms with Crippen molar-refractivity contribution in [3.05, 3.63) is 69.1 Å². The third-order valence-electron chi connectivity index (χ3n) is 2.11. The molecule has 0 nitrogen and oxygen atoms in total. The number of hydrogen-bond donors (Lipinski definition) is 0. The Bertz CT molecular complexity index is 504. The number of benzene rings is 2. The van der Waals surface area contributed by atoms with E-state index in [1.807, 2.05) is 48.5 Å². The van der Waals surface area contributed by atoms with Gasteiger partial charge in [0.05, 0.1) is 0 Å². The molecule has 0 fully saturated rings.